The Morgan fingerprint density at radius 1 is 0.971 bits per heavy atom. The van der Waals surface area contributed by atoms with Crippen LogP contribution in [0, 0.1) is 40.6 Å². The Labute approximate surface area is 194 Å². The van der Waals surface area contributed by atoms with E-state index in [1.165, 1.54) is 0 Å². The molecule has 180 valence electrons. The van der Waals surface area contributed by atoms with Crippen molar-refractivity contribution in [1.29, 1.82) is 5.53 Å². The van der Waals surface area contributed by atoms with Crippen molar-refractivity contribution in [3.8, 4) is 11.8 Å². The molecule has 2 aromatic carbocycles. The molecule has 1 heterocycles. The maximum Gasteiger partial charge on any atom is 0.323 e. The van der Waals surface area contributed by atoms with Gasteiger partial charge in [0.25, 0.3) is 0 Å². The SMILES string of the molecule is N=N/N=C\NCC(O)(c1ccc(F)cc1F)C(F)(F)c1ccc(C#Cc2ccc(F)cc2F)cn1. The fourth-order valence-corrected chi connectivity index (χ4v) is 3.06. The van der Waals surface area contributed by atoms with Crippen molar-refractivity contribution in [3.63, 3.8) is 0 Å². The molecule has 0 radical (unpaired) electrons. The van der Waals surface area contributed by atoms with Gasteiger partial charge in [0, 0.05) is 29.5 Å². The number of alkyl halides is 2. The third kappa shape index (κ3) is 5.47. The maximum atomic E-state index is 15.5. The number of benzene rings is 2. The molecule has 35 heavy (non-hydrogen) atoms. The van der Waals surface area contributed by atoms with Crippen molar-refractivity contribution in [2.24, 2.45) is 10.3 Å². The summed E-state index contributed by atoms with van der Waals surface area (Å²) in [5.41, 5.74) is 1.33. The van der Waals surface area contributed by atoms with E-state index in [1.54, 1.807) is 0 Å². The summed E-state index contributed by atoms with van der Waals surface area (Å²) in [5, 5.41) is 18.9. The molecule has 1 unspecified atom stereocenters. The number of pyridine rings is 1. The lowest BCUT2D eigenvalue weighted by Crippen LogP contribution is -2.51. The fraction of sp³-hybridized carbons (Fsp3) is 0.130. The largest absolute Gasteiger partial charge is 0.377 e. The second-order valence-electron chi connectivity index (χ2n) is 7.09. The van der Waals surface area contributed by atoms with Crippen molar-refractivity contribution in [2.45, 2.75) is 11.5 Å². The third-order valence-corrected chi connectivity index (χ3v) is 4.82. The zero-order valence-electron chi connectivity index (χ0n) is 17.5. The first kappa shape index (κ1) is 25.4. The first-order valence-corrected chi connectivity index (χ1v) is 9.69. The van der Waals surface area contributed by atoms with Crippen LogP contribution in [-0.4, -0.2) is 23.0 Å². The molecule has 3 rings (SSSR count). The van der Waals surface area contributed by atoms with Crippen LogP contribution in [0.5, 0.6) is 0 Å². The Bertz CT molecular complexity index is 1320. The van der Waals surface area contributed by atoms with Gasteiger partial charge in [-0.15, -0.1) is 5.10 Å². The summed E-state index contributed by atoms with van der Waals surface area (Å²) in [6.45, 7) is -1.02. The molecule has 0 fully saturated rings. The van der Waals surface area contributed by atoms with Crippen LogP contribution in [0.2, 0.25) is 0 Å². The second-order valence-corrected chi connectivity index (χ2v) is 7.09. The lowest BCUT2D eigenvalue weighted by Gasteiger charge is -2.36. The molecule has 3 N–H and O–H groups in total. The number of nitrogens with one attached hydrogen (secondary N) is 2. The lowest BCUT2D eigenvalue weighted by molar-refractivity contribution is -0.195. The van der Waals surface area contributed by atoms with E-state index in [0.29, 0.717) is 24.3 Å². The standard InChI is InChI=1S/C23H15F6N5O/c24-16-5-4-15(19(26)9-16)3-1-14-2-8-21(32-11-14)23(28,29)22(35,12-31-13-33-34-30)18-7-6-17(25)10-20(18)27/h2,4-11,13,35H,12H2,(H2,30,31,33). The van der Waals surface area contributed by atoms with Crippen molar-refractivity contribution in [1.82, 2.24) is 10.3 Å². The number of hydrogen-bond acceptors (Lipinski definition) is 4. The van der Waals surface area contributed by atoms with Gasteiger partial charge < -0.3 is 10.4 Å². The highest BCUT2D eigenvalue weighted by Gasteiger charge is 2.57. The number of aliphatic hydroxyl groups is 1. The molecule has 1 aromatic heterocycles. The van der Waals surface area contributed by atoms with Gasteiger partial charge >= 0.3 is 5.92 Å². The summed E-state index contributed by atoms with van der Waals surface area (Å²) in [6, 6.07) is 6.39. The van der Waals surface area contributed by atoms with E-state index in [2.05, 4.69) is 32.5 Å². The number of nitrogens with zero attached hydrogens (tertiary/aromatic N) is 3. The number of hydrogen-bond donors (Lipinski definition) is 3. The molecule has 0 spiro atoms. The van der Waals surface area contributed by atoms with E-state index in [-0.39, 0.29) is 11.1 Å². The molecule has 6 nitrogen and oxygen atoms in total. The van der Waals surface area contributed by atoms with Gasteiger partial charge in [-0.25, -0.2) is 17.6 Å². The molecule has 3 aromatic rings. The van der Waals surface area contributed by atoms with Gasteiger partial charge in [-0.2, -0.15) is 14.3 Å². The summed E-state index contributed by atoms with van der Waals surface area (Å²) in [5.74, 6) is -3.50. The normalized spacial score (nSPS) is 13.1. The van der Waals surface area contributed by atoms with Gasteiger partial charge in [-0.3, -0.25) is 4.98 Å². The molecular formula is C23H15F6N5O. The minimum atomic E-state index is -4.24. The van der Waals surface area contributed by atoms with E-state index in [9.17, 15) is 22.7 Å². The Hall–Kier alpha value is -4.24. The summed E-state index contributed by atoms with van der Waals surface area (Å²) in [6.07, 6.45) is 1.66. The molecule has 0 saturated heterocycles. The smallest absolute Gasteiger partial charge is 0.323 e. The molecule has 0 saturated carbocycles. The Kier molecular flexibility index (Phi) is 7.51. The Morgan fingerprint density at radius 3 is 2.26 bits per heavy atom. The van der Waals surface area contributed by atoms with E-state index < -0.39 is 52.6 Å². The molecule has 0 aliphatic heterocycles. The van der Waals surface area contributed by atoms with Crippen molar-refractivity contribution >= 4 is 6.34 Å². The summed E-state index contributed by atoms with van der Waals surface area (Å²) in [7, 11) is 0. The first-order valence-electron chi connectivity index (χ1n) is 9.69. The molecule has 0 amide bonds. The van der Waals surface area contributed by atoms with Crippen LogP contribution in [-0.2, 0) is 11.5 Å². The lowest BCUT2D eigenvalue weighted by atomic mass is 9.84. The topological polar surface area (TPSA) is 93.7 Å². The van der Waals surface area contributed by atoms with Crippen LogP contribution in [0.3, 0.4) is 0 Å². The van der Waals surface area contributed by atoms with Gasteiger partial charge in [-0.05, 0) is 36.4 Å². The molecule has 1 atom stereocenters. The zero-order valence-corrected chi connectivity index (χ0v) is 17.5. The van der Waals surface area contributed by atoms with Crippen LogP contribution in [0.15, 0.2) is 65.1 Å². The summed E-state index contributed by atoms with van der Waals surface area (Å²) in [4.78, 5) is 3.61. The highest BCUT2D eigenvalue weighted by molar-refractivity contribution is 5.54. The van der Waals surface area contributed by atoms with E-state index in [0.717, 1.165) is 36.8 Å². The van der Waals surface area contributed by atoms with Gasteiger partial charge in [-0.1, -0.05) is 17.1 Å². The Morgan fingerprint density at radius 2 is 1.66 bits per heavy atom. The van der Waals surface area contributed by atoms with Gasteiger partial charge in [0.15, 0.2) is 5.60 Å². The quantitative estimate of drug-likeness (QED) is 0.113. The minimum absolute atomic E-state index is 0.0899. The van der Waals surface area contributed by atoms with Gasteiger partial charge in [0.1, 0.15) is 35.3 Å². The molecule has 0 bridgehead atoms. The monoisotopic (exact) mass is 491 g/mol. The van der Waals surface area contributed by atoms with Crippen molar-refractivity contribution in [3.05, 3.63) is 100 Å². The molecular weight excluding hydrogens is 476 g/mol. The maximum absolute atomic E-state index is 15.5. The highest BCUT2D eigenvalue weighted by atomic mass is 19.3. The molecule has 12 heteroatoms. The highest BCUT2D eigenvalue weighted by Crippen LogP contribution is 2.45. The van der Waals surface area contributed by atoms with E-state index >= 15 is 8.78 Å². The average molecular weight is 491 g/mol. The van der Waals surface area contributed by atoms with Gasteiger partial charge in [0.2, 0.25) is 0 Å². The number of halogens is 6. The van der Waals surface area contributed by atoms with Crippen LogP contribution in [0.4, 0.5) is 26.3 Å². The van der Waals surface area contributed by atoms with Crippen LogP contribution >= 0.6 is 0 Å². The minimum Gasteiger partial charge on any atom is -0.377 e. The molecule has 0 aliphatic carbocycles. The van der Waals surface area contributed by atoms with Gasteiger partial charge in [0.05, 0.1) is 12.1 Å². The Balaban J connectivity index is 1.97. The number of aromatic nitrogens is 1. The predicted octanol–water partition coefficient (Wildman–Crippen LogP) is 4.58. The second kappa shape index (κ2) is 10.4. The fourth-order valence-electron chi connectivity index (χ4n) is 3.06. The molecule has 0 aliphatic rings. The van der Waals surface area contributed by atoms with E-state index in [4.69, 9.17) is 5.53 Å². The van der Waals surface area contributed by atoms with Crippen molar-refractivity contribution in [2.75, 3.05) is 6.54 Å². The predicted molar refractivity (Wildman–Crippen MR) is 112 cm³/mol. The van der Waals surface area contributed by atoms with Crippen LogP contribution in [0.25, 0.3) is 0 Å². The third-order valence-electron chi connectivity index (χ3n) is 4.82. The van der Waals surface area contributed by atoms with Crippen molar-refractivity contribution < 1.29 is 31.4 Å². The van der Waals surface area contributed by atoms with Crippen LogP contribution in [0.1, 0.15) is 22.4 Å². The summed E-state index contributed by atoms with van der Waals surface area (Å²) < 4.78 is 85.5. The zero-order chi connectivity index (χ0) is 25.6. The number of rotatable bonds is 7. The van der Waals surface area contributed by atoms with E-state index in [1.807, 2.05) is 0 Å². The first-order chi connectivity index (χ1) is 16.6. The average Bonchev–Trinajstić information content (AvgIpc) is 2.81. The van der Waals surface area contributed by atoms with Crippen LogP contribution < -0.4 is 5.32 Å². The summed E-state index contributed by atoms with van der Waals surface area (Å²) >= 11 is 0.